The predicted molar refractivity (Wildman–Crippen MR) is 51.6 cm³/mol. The van der Waals surface area contributed by atoms with E-state index in [4.69, 9.17) is 9.63 Å². The Hall–Kier alpha value is -0.990. The molecule has 0 aliphatic rings. The highest BCUT2D eigenvalue weighted by atomic mass is 32.2. The zero-order valence-electron chi connectivity index (χ0n) is 8.30. The minimum Gasteiger partial charge on any atom is -0.395 e. The molecule has 0 saturated heterocycles. The highest BCUT2D eigenvalue weighted by Crippen LogP contribution is 1.96. The van der Waals surface area contributed by atoms with Crippen molar-refractivity contribution in [1.82, 2.24) is 14.9 Å². The van der Waals surface area contributed by atoms with Crippen LogP contribution in [0.3, 0.4) is 0 Å². The first kappa shape index (κ1) is 12.1. The zero-order valence-corrected chi connectivity index (χ0v) is 9.12. The molecule has 0 saturated carbocycles. The van der Waals surface area contributed by atoms with Crippen molar-refractivity contribution in [3.8, 4) is 0 Å². The van der Waals surface area contributed by atoms with Crippen LogP contribution in [-0.2, 0) is 16.4 Å². The molecule has 0 aromatic carbocycles. The summed E-state index contributed by atoms with van der Waals surface area (Å²) in [6.07, 6.45) is 0.339. The second-order valence-electron chi connectivity index (χ2n) is 2.92. The standard InChI is InChI=1S/C7H13N3O4S/c1-6-9-7(14-10-6)2-3-8-15(12,13)5-4-11/h8,11H,2-5H2,1H3. The molecule has 1 aromatic rings. The summed E-state index contributed by atoms with van der Waals surface area (Å²) in [6, 6.07) is 0. The van der Waals surface area contributed by atoms with Gasteiger partial charge in [-0.25, -0.2) is 13.1 Å². The molecule has 0 unspecified atom stereocenters. The Balaban J connectivity index is 2.33. The second kappa shape index (κ2) is 5.19. The van der Waals surface area contributed by atoms with Crippen molar-refractivity contribution in [3.63, 3.8) is 0 Å². The van der Waals surface area contributed by atoms with Gasteiger partial charge in [-0.2, -0.15) is 4.98 Å². The third-order valence-electron chi connectivity index (χ3n) is 1.59. The fraction of sp³-hybridized carbons (Fsp3) is 0.714. The van der Waals surface area contributed by atoms with E-state index in [0.29, 0.717) is 18.1 Å². The monoisotopic (exact) mass is 235 g/mol. The first-order valence-electron chi connectivity index (χ1n) is 4.41. The number of rotatable bonds is 6. The van der Waals surface area contributed by atoms with Crippen molar-refractivity contribution in [2.45, 2.75) is 13.3 Å². The van der Waals surface area contributed by atoms with Crippen molar-refractivity contribution >= 4 is 10.0 Å². The smallest absolute Gasteiger partial charge is 0.227 e. The van der Waals surface area contributed by atoms with Crippen molar-refractivity contribution in [1.29, 1.82) is 0 Å². The number of sulfonamides is 1. The fourth-order valence-corrected chi connectivity index (χ4v) is 1.75. The molecule has 0 amide bonds. The molecule has 1 heterocycles. The van der Waals surface area contributed by atoms with E-state index in [1.165, 1.54) is 0 Å². The van der Waals surface area contributed by atoms with Gasteiger partial charge in [0.1, 0.15) is 0 Å². The van der Waals surface area contributed by atoms with Crippen molar-refractivity contribution in [3.05, 3.63) is 11.7 Å². The SMILES string of the molecule is Cc1noc(CCNS(=O)(=O)CCO)n1. The Labute approximate surface area is 87.5 Å². The maximum absolute atomic E-state index is 11.1. The quantitative estimate of drug-likeness (QED) is 0.643. The van der Waals surface area contributed by atoms with Crippen LogP contribution < -0.4 is 4.72 Å². The zero-order chi connectivity index (χ0) is 11.3. The van der Waals surface area contributed by atoms with Gasteiger partial charge in [-0.1, -0.05) is 5.16 Å². The molecule has 2 N–H and O–H groups in total. The van der Waals surface area contributed by atoms with Gasteiger partial charge < -0.3 is 9.63 Å². The summed E-state index contributed by atoms with van der Waals surface area (Å²) in [5.74, 6) is 0.609. The van der Waals surface area contributed by atoms with Crippen LogP contribution in [0, 0.1) is 6.92 Å². The summed E-state index contributed by atoms with van der Waals surface area (Å²) in [6.45, 7) is 1.47. The summed E-state index contributed by atoms with van der Waals surface area (Å²) in [5.41, 5.74) is 0. The molecule has 1 rings (SSSR count). The molecule has 0 fully saturated rings. The van der Waals surface area contributed by atoms with Crippen LogP contribution in [0.15, 0.2) is 4.52 Å². The molecule has 0 spiro atoms. The number of hydrogen-bond donors (Lipinski definition) is 2. The Morgan fingerprint density at radius 1 is 1.53 bits per heavy atom. The van der Waals surface area contributed by atoms with Gasteiger partial charge in [0, 0.05) is 13.0 Å². The minimum atomic E-state index is -3.38. The molecule has 0 atom stereocenters. The number of aliphatic hydroxyl groups excluding tert-OH is 1. The van der Waals surface area contributed by atoms with E-state index < -0.39 is 16.6 Å². The molecule has 0 aliphatic heterocycles. The van der Waals surface area contributed by atoms with Crippen LogP contribution in [0.1, 0.15) is 11.7 Å². The number of nitrogens with zero attached hydrogens (tertiary/aromatic N) is 2. The van der Waals surface area contributed by atoms with Crippen LogP contribution in [0.5, 0.6) is 0 Å². The maximum atomic E-state index is 11.1. The largest absolute Gasteiger partial charge is 0.395 e. The Morgan fingerprint density at radius 2 is 2.27 bits per heavy atom. The van der Waals surface area contributed by atoms with E-state index in [-0.39, 0.29) is 12.3 Å². The minimum absolute atomic E-state index is 0.184. The molecule has 86 valence electrons. The average molecular weight is 235 g/mol. The van der Waals surface area contributed by atoms with Crippen molar-refractivity contribution < 1.29 is 18.0 Å². The Morgan fingerprint density at radius 3 is 2.80 bits per heavy atom. The molecule has 8 heteroatoms. The van der Waals surface area contributed by atoms with Crippen LogP contribution in [0.4, 0.5) is 0 Å². The molecule has 15 heavy (non-hydrogen) atoms. The topological polar surface area (TPSA) is 105 Å². The van der Waals surface area contributed by atoms with E-state index in [1.807, 2.05) is 0 Å². The Bertz CT molecular complexity index is 400. The summed E-state index contributed by atoms with van der Waals surface area (Å²) < 4.78 is 29.3. The number of aryl methyl sites for hydroxylation is 1. The van der Waals surface area contributed by atoms with E-state index >= 15 is 0 Å². The van der Waals surface area contributed by atoms with Crippen LogP contribution >= 0.6 is 0 Å². The third-order valence-corrected chi connectivity index (χ3v) is 2.95. The molecule has 0 bridgehead atoms. The summed E-state index contributed by atoms with van der Waals surface area (Å²) in [4.78, 5) is 3.91. The van der Waals surface area contributed by atoms with Gasteiger partial charge in [-0.15, -0.1) is 0 Å². The number of aromatic nitrogens is 2. The summed E-state index contributed by atoms with van der Waals surface area (Å²) in [5, 5.41) is 12.0. The maximum Gasteiger partial charge on any atom is 0.227 e. The molecule has 1 aromatic heterocycles. The second-order valence-corrected chi connectivity index (χ2v) is 4.85. The van der Waals surface area contributed by atoms with Crippen LogP contribution in [0.25, 0.3) is 0 Å². The molecular weight excluding hydrogens is 222 g/mol. The number of nitrogens with one attached hydrogen (secondary N) is 1. The third kappa shape index (κ3) is 4.36. The van der Waals surface area contributed by atoms with Gasteiger partial charge in [-0.05, 0) is 6.92 Å². The van der Waals surface area contributed by atoms with Crippen LogP contribution in [0.2, 0.25) is 0 Å². The molecule has 7 nitrogen and oxygen atoms in total. The van der Waals surface area contributed by atoms with Crippen molar-refractivity contribution in [2.75, 3.05) is 18.9 Å². The van der Waals surface area contributed by atoms with Crippen molar-refractivity contribution in [2.24, 2.45) is 0 Å². The van der Waals surface area contributed by atoms with Gasteiger partial charge in [-0.3, -0.25) is 0 Å². The van der Waals surface area contributed by atoms with Crippen LogP contribution in [-0.4, -0.2) is 42.6 Å². The van der Waals surface area contributed by atoms with E-state index in [0.717, 1.165) is 0 Å². The van der Waals surface area contributed by atoms with E-state index in [9.17, 15) is 8.42 Å². The highest BCUT2D eigenvalue weighted by molar-refractivity contribution is 7.89. The van der Waals surface area contributed by atoms with Gasteiger partial charge in [0.15, 0.2) is 5.82 Å². The number of aliphatic hydroxyl groups is 1. The average Bonchev–Trinajstić information content (AvgIpc) is 2.51. The lowest BCUT2D eigenvalue weighted by atomic mass is 10.4. The molecular formula is C7H13N3O4S. The fourth-order valence-electron chi connectivity index (χ4n) is 0.947. The lowest BCUT2D eigenvalue weighted by Crippen LogP contribution is -2.29. The van der Waals surface area contributed by atoms with Gasteiger partial charge >= 0.3 is 0 Å². The van der Waals surface area contributed by atoms with Gasteiger partial charge in [0.05, 0.1) is 12.4 Å². The lowest BCUT2D eigenvalue weighted by Gasteiger charge is -2.02. The highest BCUT2D eigenvalue weighted by Gasteiger charge is 2.09. The Kier molecular flexibility index (Phi) is 4.18. The number of hydrogen-bond acceptors (Lipinski definition) is 6. The van der Waals surface area contributed by atoms with E-state index in [2.05, 4.69) is 14.9 Å². The van der Waals surface area contributed by atoms with Gasteiger partial charge in [0.2, 0.25) is 15.9 Å². The lowest BCUT2D eigenvalue weighted by molar-refractivity contribution is 0.319. The van der Waals surface area contributed by atoms with Gasteiger partial charge in [0.25, 0.3) is 0 Å². The first-order chi connectivity index (χ1) is 7.03. The first-order valence-corrected chi connectivity index (χ1v) is 6.06. The molecule has 0 radical (unpaired) electrons. The summed E-state index contributed by atoms with van der Waals surface area (Å²) >= 11 is 0. The normalized spacial score (nSPS) is 11.9. The predicted octanol–water partition coefficient (Wildman–Crippen LogP) is -1.17. The molecule has 0 aliphatic carbocycles. The van der Waals surface area contributed by atoms with E-state index in [1.54, 1.807) is 6.92 Å². The summed E-state index contributed by atoms with van der Waals surface area (Å²) in [7, 11) is -3.38.